The normalized spacial score (nSPS) is 19.8. The summed E-state index contributed by atoms with van der Waals surface area (Å²) in [6.45, 7) is 0.541. The first-order valence-corrected chi connectivity index (χ1v) is 6.19. The number of ether oxygens (including phenoxy) is 1. The molecule has 2 rings (SSSR count). The van der Waals surface area contributed by atoms with Crippen molar-refractivity contribution >= 4 is 11.8 Å². The highest BCUT2D eigenvalue weighted by Crippen LogP contribution is 2.29. The SMILES string of the molecule is COC(=O)C1CCCCN1c1ccc(C(F)(F)F)nn1. The third-order valence-electron chi connectivity index (χ3n) is 3.21. The van der Waals surface area contributed by atoms with E-state index in [2.05, 4.69) is 10.2 Å². The molecular formula is C12H14F3N3O2. The Bertz CT molecular complexity index is 476. The van der Waals surface area contributed by atoms with Crippen LogP contribution in [0.25, 0.3) is 0 Å². The van der Waals surface area contributed by atoms with Crippen LogP contribution in [0.5, 0.6) is 0 Å². The van der Waals surface area contributed by atoms with Crippen LogP contribution in [0.4, 0.5) is 19.0 Å². The van der Waals surface area contributed by atoms with Crippen molar-refractivity contribution < 1.29 is 22.7 Å². The highest BCUT2D eigenvalue weighted by Gasteiger charge is 2.34. The van der Waals surface area contributed by atoms with Gasteiger partial charge in [0.25, 0.3) is 0 Å². The molecule has 0 bridgehead atoms. The van der Waals surface area contributed by atoms with Gasteiger partial charge in [-0.25, -0.2) is 4.79 Å². The average Bonchev–Trinajstić information content (AvgIpc) is 2.45. The summed E-state index contributed by atoms with van der Waals surface area (Å²) in [5.41, 5.74) is -1.05. The summed E-state index contributed by atoms with van der Waals surface area (Å²) in [4.78, 5) is 13.3. The van der Waals surface area contributed by atoms with E-state index < -0.39 is 23.9 Å². The quantitative estimate of drug-likeness (QED) is 0.780. The molecule has 5 nitrogen and oxygen atoms in total. The maximum absolute atomic E-state index is 12.4. The zero-order valence-corrected chi connectivity index (χ0v) is 10.9. The third kappa shape index (κ3) is 3.00. The lowest BCUT2D eigenvalue weighted by molar-refractivity contribution is -0.143. The summed E-state index contributed by atoms with van der Waals surface area (Å²) < 4.78 is 42.0. The number of aromatic nitrogens is 2. The van der Waals surface area contributed by atoms with E-state index in [1.165, 1.54) is 13.2 Å². The lowest BCUT2D eigenvalue weighted by Gasteiger charge is -2.34. The van der Waals surface area contributed by atoms with Crippen molar-refractivity contribution in [3.63, 3.8) is 0 Å². The minimum Gasteiger partial charge on any atom is -0.467 e. The van der Waals surface area contributed by atoms with Crippen molar-refractivity contribution in [2.24, 2.45) is 0 Å². The fourth-order valence-electron chi connectivity index (χ4n) is 2.22. The smallest absolute Gasteiger partial charge is 0.435 e. The number of nitrogens with zero attached hydrogens (tertiary/aromatic N) is 3. The van der Waals surface area contributed by atoms with Crippen LogP contribution in [0.2, 0.25) is 0 Å². The second-order valence-electron chi connectivity index (χ2n) is 4.50. The highest BCUT2D eigenvalue weighted by molar-refractivity contribution is 5.79. The van der Waals surface area contributed by atoms with Crippen molar-refractivity contribution in [1.82, 2.24) is 10.2 Å². The van der Waals surface area contributed by atoms with E-state index in [1.807, 2.05) is 0 Å². The maximum Gasteiger partial charge on any atom is 0.435 e. The van der Waals surface area contributed by atoms with Gasteiger partial charge in [-0.15, -0.1) is 10.2 Å². The third-order valence-corrected chi connectivity index (χ3v) is 3.21. The molecule has 1 unspecified atom stereocenters. The van der Waals surface area contributed by atoms with Crippen LogP contribution >= 0.6 is 0 Å². The molecule has 0 spiro atoms. The summed E-state index contributed by atoms with van der Waals surface area (Å²) in [6, 6.07) is 1.59. The molecule has 1 fully saturated rings. The van der Waals surface area contributed by atoms with Crippen LogP contribution in [0.15, 0.2) is 12.1 Å². The molecule has 0 amide bonds. The van der Waals surface area contributed by atoms with Gasteiger partial charge in [0.15, 0.2) is 11.5 Å². The Morgan fingerprint density at radius 2 is 2.10 bits per heavy atom. The Hall–Kier alpha value is -1.86. The minimum atomic E-state index is -4.52. The van der Waals surface area contributed by atoms with E-state index in [0.717, 1.165) is 18.9 Å². The van der Waals surface area contributed by atoms with E-state index in [9.17, 15) is 18.0 Å². The van der Waals surface area contributed by atoms with Crippen molar-refractivity contribution in [1.29, 1.82) is 0 Å². The molecule has 1 aromatic rings. The van der Waals surface area contributed by atoms with Crippen LogP contribution in [-0.4, -0.2) is 35.9 Å². The van der Waals surface area contributed by atoms with Gasteiger partial charge in [0.1, 0.15) is 6.04 Å². The van der Waals surface area contributed by atoms with Gasteiger partial charge >= 0.3 is 12.1 Å². The van der Waals surface area contributed by atoms with Crippen LogP contribution in [0.3, 0.4) is 0 Å². The van der Waals surface area contributed by atoms with Gasteiger partial charge in [0, 0.05) is 6.54 Å². The number of hydrogen-bond donors (Lipinski definition) is 0. The van der Waals surface area contributed by atoms with Gasteiger partial charge in [-0.05, 0) is 31.4 Å². The molecule has 0 radical (unpaired) electrons. The maximum atomic E-state index is 12.4. The second-order valence-corrected chi connectivity index (χ2v) is 4.50. The Kier molecular flexibility index (Phi) is 4.10. The molecule has 8 heteroatoms. The minimum absolute atomic E-state index is 0.258. The number of halogens is 3. The number of carbonyl (C=O) groups excluding carboxylic acids is 1. The Morgan fingerprint density at radius 1 is 1.35 bits per heavy atom. The van der Waals surface area contributed by atoms with Crippen molar-refractivity contribution in [2.75, 3.05) is 18.6 Å². The van der Waals surface area contributed by atoms with Crippen molar-refractivity contribution in [2.45, 2.75) is 31.5 Å². The second kappa shape index (κ2) is 5.64. The predicted octanol–water partition coefficient (Wildman–Crippen LogP) is 2.03. The fraction of sp³-hybridized carbons (Fsp3) is 0.583. The summed E-state index contributed by atoms with van der Waals surface area (Å²) in [7, 11) is 1.29. The molecule has 0 N–H and O–H groups in total. The standard InChI is InChI=1S/C12H14F3N3O2/c1-20-11(19)8-4-2-3-7-18(8)10-6-5-9(16-17-10)12(13,14)15/h5-6,8H,2-4,7H2,1H3. The van der Waals surface area contributed by atoms with E-state index in [0.29, 0.717) is 13.0 Å². The van der Waals surface area contributed by atoms with Gasteiger partial charge in [-0.2, -0.15) is 13.2 Å². The number of anilines is 1. The van der Waals surface area contributed by atoms with Crippen LogP contribution < -0.4 is 4.90 Å². The molecule has 1 atom stereocenters. The molecule has 0 aromatic carbocycles. The topological polar surface area (TPSA) is 55.3 Å². The predicted molar refractivity (Wildman–Crippen MR) is 64.0 cm³/mol. The Morgan fingerprint density at radius 3 is 2.65 bits per heavy atom. The number of carbonyl (C=O) groups is 1. The molecule has 1 aromatic heterocycles. The van der Waals surface area contributed by atoms with E-state index >= 15 is 0 Å². The number of methoxy groups -OCH3 is 1. The number of esters is 1. The van der Waals surface area contributed by atoms with E-state index in [4.69, 9.17) is 4.74 Å². The number of alkyl halides is 3. The van der Waals surface area contributed by atoms with Gasteiger partial charge in [-0.1, -0.05) is 0 Å². The lowest BCUT2D eigenvalue weighted by atomic mass is 10.0. The summed E-state index contributed by atoms with van der Waals surface area (Å²) in [5.74, 6) is -0.153. The lowest BCUT2D eigenvalue weighted by Crippen LogP contribution is -2.45. The monoisotopic (exact) mass is 289 g/mol. The molecule has 1 aliphatic rings. The summed E-state index contributed by atoms with van der Waals surface area (Å²) in [6.07, 6.45) is -2.22. The first-order chi connectivity index (χ1) is 9.43. The van der Waals surface area contributed by atoms with Crippen LogP contribution in [0, 0.1) is 0 Å². The van der Waals surface area contributed by atoms with Crippen molar-refractivity contribution in [3.8, 4) is 0 Å². The molecule has 110 valence electrons. The van der Waals surface area contributed by atoms with Gasteiger partial charge in [0.2, 0.25) is 0 Å². The summed E-state index contributed by atoms with van der Waals surface area (Å²) in [5, 5.41) is 6.76. The van der Waals surface area contributed by atoms with Crippen LogP contribution in [-0.2, 0) is 15.7 Å². The first kappa shape index (κ1) is 14.5. The van der Waals surface area contributed by atoms with Crippen molar-refractivity contribution in [3.05, 3.63) is 17.8 Å². The fourth-order valence-corrected chi connectivity index (χ4v) is 2.22. The first-order valence-electron chi connectivity index (χ1n) is 6.19. The van der Waals surface area contributed by atoms with Gasteiger partial charge in [-0.3, -0.25) is 0 Å². The van der Waals surface area contributed by atoms with Gasteiger partial charge in [0.05, 0.1) is 7.11 Å². The largest absolute Gasteiger partial charge is 0.467 e. The molecule has 1 aliphatic heterocycles. The number of piperidine rings is 1. The van der Waals surface area contributed by atoms with Gasteiger partial charge < -0.3 is 9.64 Å². The Labute approximate surface area is 113 Å². The molecule has 0 aliphatic carbocycles. The Balaban J connectivity index is 2.22. The number of rotatable bonds is 2. The highest BCUT2D eigenvalue weighted by atomic mass is 19.4. The van der Waals surface area contributed by atoms with E-state index in [-0.39, 0.29) is 5.82 Å². The molecule has 0 saturated carbocycles. The molecule has 2 heterocycles. The summed E-state index contributed by atoms with van der Waals surface area (Å²) >= 11 is 0. The number of hydrogen-bond acceptors (Lipinski definition) is 5. The average molecular weight is 289 g/mol. The molecule has 20 heavy (non-hydrogen) atoms. The molecular weight excluding hydrogens is 275 g/mol. The zero-order chi connectivity index (χ0) is 14.8. The molecule has 1 saturated heterocycles. The zero-order valence-electron chi connectivity index (χ0n) is 10.9. The van der Waals surface area contributed by atoms with Crippen LogP contribution in [0.1, 0.15) is 25.0 Å². The van der Waals surface area contributed by atoms with E-state index in [1.54, 1.807) is 4.90 Å².